The standard InChI is InChI=1S/C16H17FN2O2/c1-10-6-11(2)19-16(21)14(10)9-18-15(20)8-12-4-3-5-13(17)7-12/h3-7H,8-9H2,1-2H3,(H,18,20)(H,19,21). The maximum absolute atomic E-state index is 13.0. The van der Waals surface area contributed by atoms with Gasteiger partial charge in [-0.2, -0.15) is 0 Å². The minimum Gasteiger partial charge on any atom is -0.352 e. The summed E-state index contributed by atoms with van der Waals surface area (Å²) in [6, 6.07) is 7.76. The molecule has 2 aromatic rings. The van der Waals surface area contributed by atoms with Crippen molar-refractivity contribution < 1.29 is 9.18 Å². The molecule has 5 heteroatoms. The Morgan fingerprint density at radius 3 is 2.71 bits per heavy atom. The van der Waals surface area contributed by atoms with Gasteiger partial charge in [-0.15, -0.1) is 0 Å². The number of hydrogen-bond donors (Lipinski definition) is 2. The molecule has 0 aliphatic heterocycles. The van der Waals surface area contributed by atoms with Crippen LogP contribution in [-0.4, -0.2) is 10.9 Å². The summed E-state index contributed by atoms with van der Waals surface area (Å²) >= 11 is 0. The zero-order valence-electron chi connectivity index (χ0n) is 12.0. The van der Waals surface area contributed by atoms with Gasteiger partial charge in [0.25, 0.3) is 5.56 Å². The van der Waals surface area contributed by atoms with E-state index in [-0.39, 0.29) is 30.2 Å². The third-order valence-corrected chi connectivity index (χ3v) is 3.21. The number of nitrogens with one attached hydrogen (secondary N) is 2. The van der Waals surface area contributed by atoms with Crippen molar-refractivity contribution in [3.63, 3.8) is 0 Å². The second-order valence-electron chi connectivity index (χ2n) is 5.03. The molecule has 0 atom stereocenters. The van der Waals surface area contributed by atoms with E-state index in [1.54, 1.807) is 19.1 Å². The number of hydrogen-bond acceptors (Lipinski definition) is 2. The fourth-order valence-corrected chi connectivity index (χ4v) is 2.18. The number of H-pyrrole nitrogens is 1. The number of carbonyl (C=O) groups is 1. The highest BCUT2D eigenvalue weighted by Gasteiger charge is 2.08. The average molecular weight is 288 g/mol. The molecule has 1 aromatic heterocycles. The minimum atomic E-state index is -0.369. The lowest BCUT2D eigenvalue weighted by atomic mass is 10.1. The predicted molar refractivity (Wildman–Crippen MR) is 78.5 cm³/mol. The van der Waals surface area contributed by atoms with Crippen LogP contribution in [0.2, 0.25) is 0 Å². The highest BCUT2D eigenvalue weighted by molar-refractivity contribution is 5.78. The molecule has 0 fully saturated rings. The fourth-order valence-electron chi connectivity index (χ4n) is 2.18. The van der Waals surface area contributed by atoms with Gasteiger partial charge in [-0.05, 0) is 43.2 Å². The zero-order chi connectivity index (χ0) is 15.4. The molecule has 1 heterocycles. The molecular formula is C16H17FN2O2. The lowest BCUT2D eigenvalue weighted by Gasteiger charge is -2.08. The van der Waals surface area contributed by atoms with Gasteiger partial charge in [0, 0.05) is 17.8 Å². The first kappa shape index (κ1) is 15.0. The summed E-state index contributed by atoms with van der Waals surface area (Å²) in [6.07, 6.45) is 0.0839. The molecule has 2 rings (SSSR count). The lowest BCUT2D eigenvalue weighted by Crippen LogP contribution is -2.29. The monoisotopic (exact) mass is 288 g/mol. The van der Waals surface area contributed by atoms with E-state index in [0.717, 1.165) is 11.3 Å². The quantitative estimate of drug-likeness (QED) is 0.903. The van der Waals surface area contributed by atoms with Crippen LogP contribution >= 0.6 is 0 Å². The fraction of sp³-hybridized carbons (Fsp3) is 0.250. The van der Waals surface area contributed by atoms with E-state index >= 15 is 0 Å². The first-order valence-electron chi connectivity index (χ1n) is 6.66. The summed E-state index contributed by atoms with van der Waals surface area (Å²) in [5, 5.41) is 2.69. The number of amides is 1. The molecule has 0 unspecified atom stereocenters. The van der Waals surface area contributed by atoms with Crippen LogP contribution in [0, 0.1) is 19.7 Å². The molecule has 4 nitrogen and oxygen atoms in total. The van der Waals surface area contributed by atoms with Crippen LogP contribution in [0.1, 0.15) is 22.4 Å². The Kier molecular flexibility index (Phi) is 4.52. The van der Waals surface area contributed by atoms with Crippen LogP contribution in [0.3, 0.4) is 0 Å². The second kappa shape index (κ2) is 6.35. The molecule has 0 aliphatic rings. The molecule has 2 N–H and O–H groups in total. The van der Waals surface area contributed by atoms with E-state index in [1.807, 2.05) is 13.0 Å². The molecular weight excluding hydrogens is 271 g/mol. The molecule has 110 valence electrons. The molecule has 1 aromatic carbocycles. The highest BCUT2D eigenvalue weighted by Crippen LogP contribution is 2.05. The maximum atomic E-state index is 13.0. The van der Waals surface area contributed by atoms with Crippen LogP contribution in [-0.2, 0) is 17.8 Å². The summed E-state index contributed by atoms with van der Waals surface area (Å²) in [5.74, 6) is -0.619. The maximum Gasteiger partial charge on any atom is 0.253 e. The van der Waals surface area contributed by atoms with Crippen molar-refractivity contribution in [2.75, 3.05) is 0 Å². The van der Waals surface area contributed by atoms with Crippen molar-refractivity contribution in [1.82, 2.24) is 10.3 Å². The number of carbonyl (C=O) groups excluding carboxylic acids is 1. The second-order valence-corrected chi connectivity index (χ2v) is 5.03. The normalized spacial score (nSPS) is 10.4. The largest absolute Gasteiger partial charge is 0.352 e. The van der Waals surface area contributed by atoms with Gasteiger partial charge >= 0.3 is 0 Å². The van der Waals surface area contributed by atoms with Gasteiger partial charge in [-0.3, -0.25) is 9.59 Å². The van der Waals surface area contributed by atoms with E-state index < -0.39 is 0 Å². The molecule has 0 saturated heterocycles. The van der Waals surface area contributed by atoms with Gasteiger partial charge in [-0.25, -0.2) is 4.39 Å². The number of pyridine rings is 1. The first-order valence-corrected chi connectivity index (χ1v) is 6.66. The number of aryl methyl sites for hydroxylation is 2. The van der Waals surface area contributed by atoms with E-state index in [0.29, 0.717) is 11.1 Å². The SMILES string of the molecule is Cc1cc(C)c(CNC(=O)Cc2cccc(F)c2)c(=O)[nH]1. The van der Waals surface area contributed by atoms with Crippen molar-refractivity contribution in [2.45, 2.75) is 26.8 Å². The molecule has 0 spiro atoms. The van der Waals surface area contributed by atoms with E-state index in [1.165, 1.54) is 12.1 Å². The van der Waals surface area contributed by atoms with Gasteiger partial charge < -0.3 is 10.3 Å². The molecule has 0 bridgehead atoms. The number of halogens is 1. The Bertz CT molecular complexity index is 722. The zero-order valence-corrected chi connectivity index (χ0v) is 12.0. The van der Waals surface area contributed by atoms with Crippen LogP contribution in [0.25, 0.3) is 0 Å². The first-order chi connectivity index (χ1) is 9.95. The minimum absolute atomic E-state index is 0.0839. The summed E-state index contributed by atoms with van der Waals surface area (Å²) in [4.78, 5) is 26.4. The van der Waals surface area contributed by atoms with Crippen molar-refractivity contribution in [3.05, 3.63) is 68.9 Å². The Labute approximate surface area is 122 Å². The average Bonchev–Trinajstić information content (AvgIpc) is 2.37. The number of benzene rings is 1. The number of rotatable bonds is 4. The molecule has 1 amide bonds. The van der Waals surface area contributed by atoms with E-state index in [2.05, 4.69) is 10.3 Å². The summed E-state index contributed by atoms with van der Waals surface area (Å²) in [5.41, 5.74) is 2.56. The van der Waals surface area contributed by atoms with Gasteiger partial charge in [0.2, 0.25) is 5.91 Å². The van der Waals surface area contributed by atoms with Gasteiger partial charge in [0.1, 0.15) is 5.82 Å². The summed E-state index contributed by atoms with van der Waals surface area (Å²) < 4.78 is 13.0. The smallest absolute Gasteiger partial charge is 0.253 e. The summed E-state index contributed by atoms with van der Waals surface area (Å²) in [7, 11) is 0. The van der Waals surface area contributed by atoms with E-state index in [9.17, 15) is 14.0 Å². The van der Waals surface area contributed by atoms with Gasteiger partial charge in [-0.1, -0.05) is 12.1 Å². The highest BCUT2D eigenvalue weighted by atomic mass is 19.1. The third-order valence-electron chi connectivity index (χ3n) is 3.21. The van der Waals surface area contributed by atoms with Gasteiger partial charge in [0.15, 0.2) is 0 Å². The van der Waals surface area contributed by atoms with Crippen molar-refractivity contribution >= 4 is 5.91 Å². The van der Waals surface area contributed by atoms with Crippen molar-refractivity contribution in [1.29, 1.82) is 0 Å². The Hall–Kier alpha value is -2.43. The molecule has 0 radical (unpaired) electrons. The van der Waals surface area contributed by atoms with Crippen LogP contribution in [0.5, 0.6) is 0 Å². The van der Waals surface area contributed by atoms with Crippen molar-refractivity contribution in [3.8, 4) is 0 Å². The molecule has 21 heavy (non-hydrogen) atoms. The molecule has 0 saturated carbocycles. The third kappa shape index (κ3) is 4.02. The number of aromatic amines is 1. The predicted octanol–water partition coefficient (Wildman–Crippen LogP) is 1.99. The van der Waals surface area contributed by atoms with Crippen LogP contribution < -0.4 is 10.9 Å². The van der Waals surface area contributed by atoms with Gasteiger partial charge in [0.05, 0.1) is 6.42 Å². The lowest BCUT2D eigenvalue weighted by molar-refractivity contribution is -0.120. The Morgan fingerprint density at radius 2 is 2.05 bits per heavy atom. The molecule has 0 aliphatic carbocycles. The van der Waals surface area contributed by atoms with Crippen molar-refractivity contribution in [2.24, 2.45) is 0 Å². The summed E-state index contributed by atoms with van der Waals surface area (Å²) in [6.45, 7) is 3.80. The Balaban J connectivity index is 2.00. The van der Waals surface area contributed by atoms with E-state index in [4.69, 9.17) is 0 Å². The van der Waals surface area contributed by atoms with Crippen LogP contribution in [0.15, 0.2) is 35.1 Å². The Morgan fingerprint density at radius 1 is 1.29 bits per heavy atom. The number of aromatic nitrogens is 1. The van der Waals surface area contributed by atoms with Crippen LogP contribution in [0.4, 0.5) is 4.39 Å². The topological polar surface area (TPSA) is 62.0 Å².